The normalized spacial score (nSPS) is 11.0. The van der Waals surface area contributed by atoms with Gasteiger partial charge in [0.1, 0.15) is 11.6 Å². The van der Waals surface area contributed by atoms with Gasteiger partial charge >= 0.3 is 5.97 Å². The van der Waals surface area contributed by atoms with Gasteiger partial charge in [-0.05, 0) is 76.9 Å². The van der Waals surface area contributed by atoms with Gasteiger partial charge in [0.2, 0.25) is 0 Å². The third-order valence-corrected chi connectivity index (χ3v) is 6.43. The van der Waals surface area contributed by atoms with Gasteiger partial charge in [-0.3, -0.25) is 4.79 Å². The van der Waals surface area contributed by atoms with E-state index in [-0.39, 0.29) is 18.0 Å². The molecule has 0 unspecified atom stereocenters. The Morgan fingerprint density at radius 1 is 0.842 bits per heavy atom. The van der Waals surface area contributed by atoms with Gasteiger partial charge in [-0.2, -0.15) is 0 Å². The Labute approximate surface area is 221 Å². The number of nitrogens with zero attached hydrogens (tertiary/aromatic N) is 1. The molecule has 0 bridgehead atoms. The maximum absolute atomic E-state index is 14.0. The van der Waals surface area contributed by atoms with Crippen molar-refractivity contribution in [2.45, 2.75) is 13.1 Å². The molecule has 0 aliphatic rings. The van der Waals surface area contributed by atoms with Crippen LogP contribution in [0.5, 0.6) is 0 Å². The fraction of sp³-hybridized carbons (Fsp3) is 0.0667. The number of carbonyl (C=O) groups excluding carboxylic acids is 1. The van der Waals surface area contributed by atoms with E-state index < -0.39 is 17.6 Å². The van der Waals surface area contributed by atoms with Crippen LogP contribution in [0.15, 0.2) is 91.1 Å². The highest BCUT2D eigenvalue weighted by molar-refractivity contribution is 6.30. The molecule has 4 aromatic carbocycles. The standard InChI is InChI=1S/C30H21ClF2N2O3/c31-24-3-1-2-19(10-24)17-35-9-8-21-11-22(23-12-25(32)15-26(33)13-23)14-27(28(21)35)29(36)34-16-18-4-6-20(7-5-18)30(37)38/h1-15H,16-17H2,(H,34,36)(H,37,38). The van der Waals surface area contributed by atoms with Crippen LogP contribution in [0.25, 0.3) is 22.0 Å². The lowest BCUT2D eigenvalue weighted by molar-refractivity contribution is 0.0696. The zero-order valence-electron chi connectivity index (χ0n) is 19.9. The van der Waals surface area contributed by atoms with Gasteiger partial charge in [-0.1, -0.05) is 35.9 Å². The van der Waals surface area contributed by atoms with Gasteiger partial charge in [0.15, 0.2) is 0 Å². The summed E-state index contributed by atoms with van der Waals surface area (Å²) in [5, 5.41) is 13.3. The lowest BCUT2D eigenvalue weighted by atomic mass is 9.99. The summed E-state index contributed by atoms with van der Waals surface area (Å²) in [6.07, 6.45) is 1.85. The van der Waals surface area contributed by atoms with E-state index in [9.17, 15) is 18.4 Å². The molecule has 0 spiro atoms. The SMILES string of the molecule is O=C(O)c1ccc(CNC(=O)c2cc(-c3cc(F)cc(F)c3)cc3ccn(Cc4cccc(Cl)c4)c23)cc1. The first-order valence-electron chi connectivity index (χ1n) is 11.7. The van der Waals surface area contributed by atoms with Crippen LogP contribution in [-0.2, 0) is 13.1 Å². The smallest absolute Gasteiger partial charge is 0.335 e. The molecule has 1 heterocycles. The number of rotatable bonds is 7. The number of amides is 1. The summed E-state index contributed by atoms with van der Waals surface area (Å²) < 4.78 is 29.9. The number of nitrogens with one attached hydrogen (secondary N) is 1. The van der Waals surface area contributed by atoms with E-state index in [0.717, 1.165) is 22.6 Å². The van der Waals surface area contributed by atoms with Gasteiger partial charge in [0.25, 0.3) is 5.91 Å². The first-order chi connectivity index (χ1) is 18.3. The Morgan fingerprint density at radius 2 is 1.55 bits per heavy atom. The number of benzene rings is 4. The Hall–Kier alpha value is -4.49. The van der Waals surface area contributed by atoms with Crippen molar-refractivity contribution in [1.82, 2.24) is 9.88 Å². The molecule has 0 radical (unpaired) electrons. The summed E-state index contributed by atoms with van der Waals surface area (Å²) in [7, 11) is 0. The average Bonchev–Trinajstić information content (AvgIpc) is 3.29. The van der Waals surface area contributed by atoms with Crippen molar-refractivity contribution in [3.8, 4) is 11.1 Å². The van der Waals surface area contributed by atoms with Crippen molar-refractivity contribution in [3.05, 3.63) is 130 Å². The van der Waals surface area contributed by atoms with Crippen molar-refractivity contribution in [2.24, 2.45) is 0 Å². The number of hydrogen-bond acceptors (Lipinski definition) is 2. The largest absolute Gasteiger partial charge is 0.478 e. The molecular formula is C30H21ClF2N2O3. The first kappa shape index (κ1) is 25.2. The van der Waals surface area contributed by atoms with Gasteiger partial charge in [0, 0.05) is 35.8 Å². The molecule has 1 aromatic heterocycles. The highest BCUT2D eigenvalue weighted by atomic mass is 35.5. The van der Waals surface area contributed by atoms with E-state index in [1.165, 1.54) is 24.3 Å². The highest BCUT2D eigenvalue weighted by Gasteiger charge is 2.17. The number of halogens is 3. The molecule has 5 nitrogen and oxygen atoms in total. The Morgan fingerprint density at radius 3 is 2.24 bits per heavy atom. The Balaban J connectivity index is 1.54. The topological polar surface area (TPSA) is 71.3 Å². The number of aromatic nitrogens is 1. The van der Waals surface area contributed by atoms with Crippen LogP contribution in [0.4, 0.5) is 8.78 Å². The minimum absolute atomic E-state index is 0.149. The van der Waals surface area contributed by atoms with E-state index >= 15 is 0 Å². The van der Waals surface area contributed by atoms with Crippen LogP contribution >= 0.6 is 11.6 Å². The van der Waals surface area contributed by atoms with Gasteiger partial charge in [0.05, 0.1) is 16.6 Å². The highest BCUT2D eigenvalue weighted by Crippen LogP contribution is 2.30. The number of hydrogen-bond donors (Lipinski definition) is 2. The summed E-state index contributed by atoms with van der Waals surface area (Å²) in [5.74, 6) is -2.85. The second-order valence-electron chi connectivity index (χ2n) is 8.88. The third-order valence-electron chi connectivity index (χ3n) is 6.20. The van der Waals surface area contributed by atoms with Crippen molar-refractivity contribution >= 4 is 34.4 Å². The zero-order valence-corrected chi connectivity index (χ0v) is 20.7. The lowest BCUT2D eigenvalue weighted by Crippen LogP contribution is -2.23. The number of carbonyl (C=O) groups is 2. The molecule has 5 rings (SSSR count). The molecular weight excluding hydrogens is 510 g/mol. The number of carboxylic acid groups (broad SMARTS) is 1. The van der Waals surface area contributed by atoms with E-state index in [0.29, 0.717) is 33.8 Å². The molecule has 5 aromatic rings. The van der Waals surface area contributed by atoms with Crippen LogP contribution < -0.4 is 5.32 Å². The second kappa shape index (κ2) is 10.5. The molecule has 190 valence electrons. The third kappa shape index (κ3) is 5.43. The quantitative estimate of drug-likeness (QED) is 0.240. The molecule has 0 saturated heterocycles. The lowest BCUT2D eigenvalue weighted by Gasteiger charge is -2.14. The van der Waals surface area contributed by atoms with E-state index in [1.807, 2.05) is 35.0 Å². The van der Waals surface area contributed by atoms with Crippen molar-refractivity contribution in [3.63, 3.8) is 0 Å². The second-order valence-corrected chi connectivity index (χ2v) is 9.31. The van der Waals surface area contributed by atoms with Crippen molar-refractivity contribution in [1.29, 1.82) is 0 Å². The van der Waals surface area contributed by atoms with Crippen LogP contribution in [0.3, 0.4) is 0 Å². The molecule has 0 saturated carbocycles. The summed E-state index contributed by atoms with van der Waals surface area (Å²) in [5.41, 5.74) is 3.60. The minimum Gasteiger partial charge on any atom is -0.478 e. The molecule has 0 fully saturated rings. The monoisotopic (exact) mass is 530 g/mol. The fourth-order valence-corrected chi connectivity index (χ4v) is 4.63. The average molecular weight is 531 g/mol. The minimum atomic E-state index is -1.03. The fourth-order valence-electron chi connectivity index (χ4n) is 4.42. The molecule has 1 amide bonds. The number of aromatic carboxylic acids is 1. The predicted molar refractivity (Wildman–Crippen MR) is 142 cm³/mol. The summed E-state index contributed by atoms with van der Waals surface area (Å²) in [4.78, 5) is 24.6. The van der Waals surface area contributed by atoms with Crippen LogP contribution in [-0.4, -0.2) is 21.6 Å². The summed E-state index contributed by atoms with van der Waals surface area (Å²) >= 11 is 6.16. The van der Waals surface area contributed by atoms with E-state index in [4.69, 9.17) is 16.7 Å². The number of carboxylic acids is 1. The molecule has 0 aliphatic heterocycles. The molecule has 38 heavy (non-hydrogen) atoms. The summed E-state index contributed by atoms with van der Waals surface area (Å²) in [6.45, 7) is 0.614. The first-order valence-corrected chi connectivity index (χ1v) is 12.1. The van der Waals surface area contributed by atoms with Crippen LogP contribution in [0.1, 0.15) is 31.8 Å². The van der Waals surface area contributed by atoms with E-state index in [2.05, 4.69) is 5.32 Å². The molecule has 0 aliphatic carbocycles. The Kier molecular flexibility index (Phi) is 6.94. The van der Waals surface area contributed by atoms with Gasteiger partial charge < -0.3 is 15.0 Å². The van der Waals surface area contributed by atoms with Gasteiger partial charge in [-0.15, -0.1) is 0 Å². The predicted octanol–water partition coefficient (Wildman–Crippen LogP) is 6.92. The van der Waals surface area contributed by atoms with Crippen LogP contribution in [0.2, 0.25) is 5.02 Å². The van der Waals surface area contributed by atoms with Crippen molar-refractivity contribution < 1.29 is 23.5 Å². The zero-order chi connectivity index (χ0) is 26.8. The van der Waals surface area contributed by atoms with Crippen LogP contribution in [0, 0.1) is 11.6 Å². The molecule has 8 heteroatoms. The van der Waals surface area contributed by atoms with Crippen molar-refractivity contribution in [2.75, 3.05) is 0 Å². The maximum Gasteiger partial charge on any atom is 0.335 e. The number of fused-ring (bicyclic) bond motifs is 1. The molecule has 2 N–H and O–H groups in total. The van der Waals surface area contributed by atoms with E-state index in [1.54, 1.807) is 30.3 Å². The summed E-state index contributed by atoms with van der Waals surface area (Å²) in [6, 6.07) is 22.1. The Bertz CT molecular complexity index is 1660. The maximum atomic E-state index is 14.0. The van der Waals surface area contributed by atoms with Gasteiger partial charge in [-0.25, -0.2) is 13.6 Å². The molecule has 0 atom stereocenters.